The highest BCUT2D eigenvalue weighted by atomic mass is 16.2. The smallest absolute Gasteiger partial charge is 0.245 e. The van der Waals surface area contributed by atoms with Crippen molar-refractivity contribution >= 4 is 5.91 Å². The number of nitrogens with zero attached hydrogens (tertiary/aromatic N) is 6. The standard InChI is InChI=1S/C23H25N7O/c1-18-20(16-29(26-18)21-12-6-3-7-13-21)11-8-14-24-23(31)22(30-17-25-27-28-30)15-19-9-4-2-5-10-19/h2-7,9-10,12-13,16-17,22H,8,11,14-15H2,1H3,(H,24,31). The maximum atomic E-state index is 12.9. The van der Waals surface area contributed by atoms with Crippen LogP contribution in [0.3, 0.4) is 0 Å². The number of tetrazole rings is 1. The zero-order valence-corrected chi connectivity index (χ0v) is 17.4. The Labute approximate surface area is 180 Å². The van der Waals surface area contributed by atoms with Gasteiger partial charge in [0.15, 0.2) is 0 Å². The third-order valence-electron chi connectivity index (χ3n) is 5.20. The molecule has 2 aromatic carbocycles. The van der Waals surface area contributed by atoms with E-state index >= 15 is 0 Å². The second-order valence-electron chi connectivity index (χ2n) is 7.41. The van der Waals surface area contributed by atoms with E-state index in [2.05, 4.69) is 32.1 Å². The Hall–Kier alpha value is -3.81. The van der Waals surface area contributed by atoms with Crippen molar-refractivity contribution in [3.8, 4) is 5.69 Å². The van der Waals surface area contributed by atoms with E-state index in [1.807, 2.05) is 72.3 Å². The number of hydrogen-bond acceptors (Lipinski definition) is 5. The van der Waals surface area contributed by atoms with Crippen LogP contribution >= 0.6 is 0 Å². The number of carbonyl (C=O) groups is 1. The average molecular weight is 416 g/mol. The second-order valence-corrected chi connectivity index (χ2v) is 7.41. The van der Waals surface area contributed by atoms with Crippen LogP contribution in [-0.4, -0.2) is 42.4 Å². The zero-order valence-electron chi connectivity index (χ0n) is 17.4. The molecule has 0 aliphatic carbocycles. The Morgan fingerprint density at radius 3 is 2.52 bits per heavy atom. The lowest BCUT2D eigenvalue weighted by Gasteiger charge is -2.16. The Morgan fingerprint density at radius 1 is 1.06 bits per heavy atom. The molecule has 2 heterocycles. The van der Waals surface area contributed by atoms with Gasteiger partial charge < -0.3 is 5.32 Å². The molecule has 0 bridgehead atoms. The molecular weight excluding hydrogens is 390 g/mol. The first-order chi connectivity index (χ1) is 15.2. The van der Waals surface area contributed by atoms with Crippen molar-refractivity contribution in [1.29, 1.82) is 0 Å². The monoisotopic (exact) mass is 415 g/mol. The molecule has 1 atom stereocenters. The van der Waals surface area contributed by atoms with E-state index in [4.69, 9.17) is 0 Å². The van der Waals surface area contributed by atoms with Gasteiger partial charge in [0.25, 0.3) is 0 Å². The number of rotatable bonds is 9. The topological polar surface area (TPSA) is 90.5 Å². The van der Waals surface area contributed by atoms with Crippen molar-refractivity contribution in [3.05, 3.63) is 90.0 Å². The van der Waals surface area contributed by atoms with Crippen LogP contribution in [0.1, 0.15) is 29.3 Å². The Morgan fingerprint density at radius 2 is 1.81 bits per heavy atom. The van der Waals surface area contributed by atoms with Gasteiger partial charge in [-0.05, 0) is 53.5 Å². The normalized spacial score (nSPS) is 11.9. The minimum absolute atomic E-state index is 0.0899. The van der Waals surface area contributed by atoms with E-state index in [1.54, 1.807) is 0 Å². The molecule has 1 amide bonds. The number of nitrogens with one attached hydrogen (secondary N) is 1. The molecule has 4 rings (SSSR count). The van der Waals surface area contributed by atoms with Crippen LogP contribution < -0.4 is 5.32 Å². The number of benzene rings is 2. The summed E-state index contributed by atoms with van der Waals surface area (Å²) in [6.45, 7) is 2.59. The van der Waals surface area contributed by atoms with Gasteiger partial charge in [-0.25, -0.2) is 9.36 Å². The molecule has 4 aromatic rings. The maximum Gasteiger partial charge on any atom is 0.245 e. The average Bonchev–Trinajstić information content (AvgIpc) is 3.46. The van der Waals surface area contributed by atoms with Crippen LogP contribution in [0.4, 0.5) is 0 Å². The molecule has 1 unspecified atom stereocenters. The molecule has 0 saturated heterocycles. The first-order valence-electron chi connectivity index (χ1n) is 10.4. The van der Waals surface area contributed by atoms with Gasteiger partial charge in [-0.3, -0.25) is 4.79 Å². The van der Waals surface area contributed by atoms with E-state index in [-0.39, 0.29) is 5.91 Å². The molecule has 0 spiro atoms. The van der Waals surface area contributed by atoms with E-state index in [0.29, 0.717) is 13.0 Å². The van der Waals surface area contributed by atoms with Gasteiger partial charge in [0.05, 0.1) is 11.4 Å². The van der Waals surface area contributed by atoms with Gasteiger partial charge in [-0.1, -0.05) is 48.5 Å². The molecule has 2 aromatic heterocycles. The molecule has 0 fully saturated rings. The number of aromatic nitrogens is 6. The predicted octanol–water partition coefficient (Wildman–Crippen LogP) is 2.70. The van der Waals surface area contributed by atoms with Crippen molar-refractivity contribution in [2.45, 2.75) is 32.2 Å². The summed E-state index contributed by atoms with van der Waals surface area (Å²) in [5.74, 6) is -0.0899. The maximum absolute atomic E-state index is 12.9. The molecule has 0 aliphatic rings. The van der Waals surface area contributed by atoms with E-state index < -0.39 is 6.04 Å². The highest BCUT2D eigenvalue weighted by Gasteiger charge is 2.22. The molecular formula is C23H25N7O. The first kappa shape index (κ1) is 20.5. The fraction of sp³-hybridized carbons (Fsp3) is 0.261. The summed E-state index contributed by atoms with van der Waals surface area (Å²) in [6.07, 6.45) is 5.73. The molecule has 8 nitrogen and oxygen atoms in total. The summed E-state index contributed by atoms with van der Waals surface area (Å²) in [6, 6.07) is 19.4. The minimum atomic E-state index is -0.486. The zero-order chi connectivity index (χ0) is 21.5. The van der Waals surface area contributed by atoms with Gasteiger partial charge >= 0.3 is 0 Å². The van der Waals surface area contributed by atoms with Crippen LogP contribution in [0.5, 0.6) is 0 Å². The summed E-state index contributed by atoms with van der Waals surface area (Å²) in [7, 11) is 0. The van der Waals surface area contributed by atoms with Crippen LogP contribution in [0, 0.1) is 6.92 Å². The summed E-state index contributed by atoms with van der Waals surface area (Å²) < 4.78 is 3.41. The van der Waals surface area contributed by atoms with E-state index in [0.717, 1.165) is 29.8 Å². The lowest BCUT2D eigenvalue weighted by atomic mass is 10.1. The Bertz CT molecular complexity index is 1090. The van der Waals surface area contributed by atoms with Gasteiger partial charge in [0, 0.05) is 19.2 Å². The van der Waals surface area contributed by atoms with E-state index in [1.165, 1.54) is 16.6 Å². The second kappa shape index (κ2) is 9.80. The summed E-state index contributed by atoms with van der Waals surface area (Å²) in [5.41, 5.74) is 4.28. The molecule has 158 valence electrons. The van der Waals surface area contributed by atoms with Gasteiger partial charge in [0.2, 0.25) is 5.91 Å². The van der Waals surface area contributed by atoms with Crippen LogP contribution in [0.2, 0.25) is 0 Å². The SMILES string of the molecule is Cc1nn(-c2ccccc2)cc1CCCNC(=O)C(Cc1ccccc1)n1cnnn1. The number of carbonyl (C=O) groups excluding carboxylic acids is 1. The predicted molar refractivity (Wildman–Crippen MR) is 117 cm³/mol. The third kappa shape index (κ3) is 5.22. The van der Waals surface area contributed by atoms with Crippen molar-refractivity contribution in [3.63, 3.8) is 0 Å². The Kier molecular flexibility index (Phi) is 6.47. The number of hydrogen-bond donors (Lipinski definition) is 1. The highest BCUT2D eigenvalue weighted by Crippen LogP contribution is 2.15. The summed E-state index contributed by atoms with van der Waals surface area (Å²) in [4.78, 5) is 12.9. The summed E-state index contributed by atoms with van der Waals surface area (Å²) >= 11 is 0. The molecule has 0 radical (unpaired) electrons. The fourth-order valence-corrected chi connectivity index (χ4v) is 3.52. The number of amides is 1. The van der Waals surface area contributed by atoms with Gasteiger partial charge in [-0.2, -0.15) is 5.10 Å². The van der Waals surface area contributed by atoms with Crippen LogP contribution in [0.25, 0.3) is 5.69 Å². The largest absolute Gasteiger partial charge is 0.354 e. The molecule has 0 saturated carbocycles. The fourth-order valence-electron chi connectivity index (χ4n) is 3.52. The number of para-hydroxylation sites is 1. The van der Waals surface area contributed by atoms with Crippen molar-refractivity contribution in [2.24, 2.45) is 0 Å². The lowest BCUT2D eigenvalue weighted by molar-refractivity contribution is -0.124. The van der Waals surface area contributed by atoms with Crippen molar-refractivity contribution < 1.29 is 4.79 Å². The van der Waals surface area contributed by atoms with Crippen LogP contribution in [0.15, 0.2) is 73.2 Å². The van der Waals surface area contributed by atoms with E-state index in [9.17, 15) is 4.79 Å². The minimum Gasteiger partial charge on any atom is -0.354 e. The van der Waals surface area contributed by atoms with Crippen molar-refractivity contribution in [2.75, 3.05) is 6.54 Å². The Balaban J connectivity index is 1.33. The first-order valence-corrected chi connectivity index (χ1v) is 10.4. The lowest BCUT2D eigenvalue weighted by Crippen LogP contribution is -2.35. The quantitative estimate of drug-likeness (QED) is 0.425. The summed E-state index contributed by atoms with van der Waals surface area (Å²) in [5, 5.41) is 18.9. The molecule has 1 N–H and O–H groups in total. The molecule has 31 heavy (non-hydrogen) atoms. The molecule has 8 heteroatoms. The number of aryl methyl sites for hydroxylation is 2. The highest BCUT2D eigenvalue weighted by molar-refractivity contribution is 5.80. The molecule has 0 aliphatic heterocycles. The van der Waals surface area contributed by atoms with Gasteiger partial charge in [-0.15, -0.1) is 5.10 Å². The van der Waals surface area contributed by atoms with Crippen LogP contribution in [-0.2, 0) is 17.6 Å². The van der Waals surface area contributed by atoms with Gasteiger partial charge in [0.1, 0.15) is 12.4 Å². The third-order valence-corrected chi connectivity index (χ3v) is 5.20. The van der Waals surface area contributed by atoms with Crippen molar-refractivity contribution in [1.82, 2.24) is 35.3 Å².